The maximum Gasteiger partial charge on any atom is 0.251 e. The average Bonchev–Trinajstić information content (AvgIpc) is 3.25. The molecule has 5 rings (SSSR count). The van der Waals surface area contributed by atoms with E-state index in [1.54, 1.807) is 11.8 Å². The van der Waals surface area contributed by atoms with Gasteiger partial charge in [0.05, 0.1) is 23.6 Å². The molecule has 34 heavy (non-hydrogen) atoms. The fraction of sp³-hybridized carbons (Fsp3) is 0.172. The summed E-state index contributed by atoms with van der Waals surface area (Å²) in [5.74, 6) is 1.75. The molecule has 0 saturated heterocycles. The molecule has 0 fully saturated rings. The molecule has 0 spiro atoms. The first-order valence-corrected chi connectivity index (χ1v) is 12.9. The number of carbonyl (C=O) groups excluding carboxylic acids is 1. The Morgan fingerprint density at radius 2 is 1.65 bits per heavy atom. The van der Waals surface area contributed by atoms with Gasteiger partial charge in [0.2, 0.25) is 0 Å². The third kappa shape index (κ3) is 4.57. The number of carbonyl (C=O) groups is 1. The number of fused-ring (bicyclic) bond motifs is 2. The third-order valence-corrected chi connectivity index (χ3v) is 6.80. The molecule has 4 nitrogen and oxygen atoms in total. The first-order chi connectivity index (χ1) is 16.7. The van der Waals surface area contributed by atoms with Crippen LogP contribution in [0.5, 0.6) is 0 Å². The fourth-order valence-corrected chi connectivity index (χ4v) is 4.93. The van der Waals surface area contributed by atoms with Crippen LogP contribution in [0, 0.1) is 0 Å². The molecule has 1 amide bonds. The zero-order chi connectivity index (χ0) is 23.3. The molecule has 170 valence electrons. The molecular formula is C29H27N3OS. The molecule has 0 radical (unpaired) electrons. The predicted octanol–water partition coefficient (Wildman–Crippen LogP) is 6.46. The number of imidazole rings is 1. The van der Waals surface area contributed by atoms with E-state index in [1.807, 2.05) is 48.5 Å². The number of hydrogen-bond donors (Lipinski definition) is 1. The average molecular weight is 466 g/mol. The number of thioether (sulfide) groups is 1. The van der Waals surface area contributed by atoms with Gasteiger partial charge in [-0.15, -0.1) is 0 Å². The topological polar surface area (TPSA) is 46.9 Å². The first-order valence-electron chi connectivity index (χ1n) is 11.5. The highest BCUT2D eigenvalue weighted by molar-refractivity contribution is 7.98. The summed E-state index contributed by atoms with van der Waals surface area (Å²) in [7, 11) is 0. The van der Waals surface area contributed by atoms with Gasteiger partial charge in [0, 0.05) is 5.56 Å². The van der Waals surface area contributed by atoms with Crippen molar-refractivity contribution in [2.45, 2.75) is 19.0 Å². The maximum absolute atomic E-state index is 13.1. The van der Waals surface area contributed by atoms with Crippen molar-refractivity contribution in [1.82, 2.24) is 14.9 Å². The molecule has 1 heterocycles. The highest BCUT2D eigenvalue weighted by Gasteiger charge is 2.23. The third-order valence-electron chi connectivity index (χ3n) is 6.16. The minimum atomic E-state index is -0.192. The molecule has 4 aromatic carbocycles. The largest absolute Gasteiger partial charge is 0.342 e. The van der Waals surface area contributed by atoms with E-state index in [1.165, 1.54) is 16.3 Å². The molecule has 5 aromatic rings. The Balaban J connectivity index is 1.58. The van der Waals surface area contributed by atoms with E-state index in [9.17, 15) is 4.79 Å². The molecule has 0 saturated carbocycles. The molecule has 0 aliphatic rings. The van der Waals surface area contributed by atoms with Crippen LogP contribution in [0.4, 0.5) is 0 Å². The van der Waals surface area contributed by atoms with Crippen LogP contribution in [0.15, 0.2) is 97.1 Å². The molecule has 0 aliphatic carbocycles. The van der Waals surface area contributed by atoms with Gasteiger partial charge in [0.25, 0.3) is 5.91 Å². The second kappa shape index (κ2) is 10.1. The number of benzene rings is 4. The summed E-state index contributed by atoms with van der Waals surface area (Å²) in [6.07, 6.45) is 2.90. The Hall–Kier alpha value is -3.57. The quantitative estimate of drug-likeness (QED) is 0.286. The summed E-state index contributed by atoms with van der Waals surface area (Å²) in [6, 6.07) is 32.3. The van der Waals surface area contributed by atoms with E-state index in [-0.39, 0.29) is 11.9 Å². The minimum absolute atomic E-state index is 0.0736. The van der Waals surface area contributed by atoms with Crippen molar-refractivity contribution in [2.24, 2.45) is 0 Å². The highest BCUT2D eigenvalue weighted by Crippen LogP contribution is 2.27. The lowest BCUT2D eigenvalue weighted by Crippen LogP contribution is -2.31. The summed E-state index contributed by atoms with van der Waals surface area (Å²) in [4.78, 5) is 18.1. The Morgan fingerprint density at radius 1 is 0.912 bits per heavy atom. The van der Waals surface area contributed by atoms with Crippen LogP contribution in [-0.4, -0.2) is 27.5 Å². The molecule has 0 bridgehead atoms. The summed E-state index contributed by atoms with van der Waals surface area (Å²) in [5.41, 5.74) is 3.92. The van der Waals surface area contributed by atoms with Crippen LogP contribution in [0.25, 0.3) is 21.8 Å². The van der Waals surface area contributed by atoms with Gasteiger partial charge in [-0.2, -0.15) is 11.8 Å². The van der Waals surface area contributed by atoms with Crippen LogP contribution < -0.4 is 5.32 Å². The molecule has 5 heteroatoms. The van der Waals surface area contributed by atoms with E-state index in [4.69, 9.17) is 4.98 Å². The zero-order valence-corrected chi connectivity index (χ0v) is 20.0. The molecule has 0 aliphatic heterocycles. The van der Waals surface area contributed by atoms with Crippen molar-refractivity contribution in [2.75, 3.05) is 12.0 Å². The van der Waals surface area contributed by atoms with Crippen LogP contribution in [-0.2, 0) is 6.54 Å². The van der Waals surface area contributed by atoms with Crippen molar-refractivity contribution in [3.8, 4) is 0 Å². The van der Waals surface area contributed by atoms with E-state index in [2.05, 4.69) is 64.7 Å². The maximum atomic E-state index is 13.1. The van der Waals surface area contributed by atoms with Crippen LogP contribution in [0.3, 0.4) is 0 Å². The Morgan fingerprint density at radius 3 is 2.50 bits per heavy atom. The summed E-state index contributed by atoms with van der Waals surface area (Å²) in [5, 5.41) is 5.74. The number of para-hydroxylation sites is 2. The number of nitrogens with one attached hydrogen (secondary N) is 1. The number of aromatic nitrogens is 2. The normalized spacial score (nSPS) is 12.1. The van der Waals surface area contributed by atoms with Gasteiger partial charge >= 0.3 is 0 Å². The van der Waals surface area contributed by atoms with E-state index in [0.717, 1.165) is 29.0 Å². The van der Waals surface area contributed by atoms with Crippen molar-refractivity contribution >= 4 is 39.5 Å². The number of hydrogen-bond acceptors (Lipinski definition) is 3. The summed E-state index contributed by atoms with van der Waals surface area (Å²) in [6.45, 7) is 0.689. The summed E-state index contributed by atoms with van der Waals surface area (Å²) < 4.78 is 2.27. The fourth-order valence-electron chi connectivity index (χ4n) is 4.46. The Bertz CT molecular complexity index is 1420. The van der Waals surface area contributed by atoms with Crippen molar-refractivity contribution < 1.29 is 4.79 Å². The van der Waals surface area contributed by atoms with Gasteiger partial charge in [-0.25, -0.2) is 4.98 Å². The molecular weight excluding hydrogens is 438 g/mol. The van der Waals surface area contributed by atoms with Crippen molar-refractivity contribution in [3.63, 3.8) is 0 Å². The molecule has 1 atom stereocenters. The van der Waals surface area contributed by atoms with Gasteiger partial charge < -0.3 is 9.88 Å². The number of amides is 1. The van der Waals surface area contributed by atoms with Crippen LogP contribution in [0.1, 0.15) is 34.2 Å². The predicted molar refractivity (Wildman–Crippen MR) is 142 cm³/mol. The molecule has 1 unspecified atom stereocenters. The van der Waals surface area contributed by atoms with E-state index >= 15 is 0 Å². The second-order valence-electron chi connectivity index (χ2n) is 8.36. The van der Waals surface area contributed by atoms with Crippen molar-refractivity contribution in [3.05, 3.63) is 114 Å². The number of rotatable bonds is 8. The highest BCUT2D eigenvalue weighted by atomic mass is 32.2. The van der Waals surface area contributed by atoms with Crippen LogP contribution in [0.2, 0.25) is 0 Å². The summed E-state index contributed by atoms with van der Waals surface area (Å²) >= 11 is 1.78. The SMILES string of the molecule is CSCCC(NC(=O)c1ccccc1)c1nc2ccccc2n1Cc1cccc2ccccc12. The first kappa shape index (κ1) is 22.2. The lowest BCUT2D eigenvalue weighted by molar-refractivity contribution is 0.0933. The standard InChI is InChI=1S/C29H27N3OS/c1-34-19-18-26(31-29(33)22-11-3-2-4-12-22)28-30-25-16-7-8-17-27(25)32(28)20-23-14-9-13-21-10-5-6-15-24(21)23/h2-17,26H,18-20H2,1H3,(H,31,33). The van der Waals surface area contributed by atoms with Gasteiger partial charge in [0.15, 0.2) is 0 Å². The van der Waals surface area contributed by atoms with Crippen LogP contribution >= 0.6 is 11.8 Å². The zero-order valence-electron chi connectivity index (χ0n) is 19.1. The molecule has 1 N–H and O–H groups in total. The van der Waals surface area contributed by atoms with E-state index in [0.29, 0.717) is 12.1 Å². The minimum Gasteiger partial charge on any atom is -0.342 e. The Kier molecular flexibility index (Phi) is 6.63. The van der Waals surface area contributed by atoms with E-state index < -0.39 is 0 Å². The van der Waals surface area contributed by atoms with Crippen molar-refractivity contribution in [1.29, 1.82) is 0 Å². The smallest absolute Gasteiger partial charge is 0.251 e. The lowest BCUT2D eigenvalue weighted by atomic mass is 10.0. The van der Waals surface area contributed by atoms with Gasteiger partial charge in [-0.1, -0.05) is 72.8 Å². The lowest BCUT2D eigenvalue weighted by Gasteiger charge is -2.20. The van der Waals surface area contributed by atoms with Gasteiger partial charge in [-0.05, 0) is 59.0 Å². The van der Waals surface area contributed by atoms with Gasteiger partial charge in [-0.3, -0.25) is 4.79 Å². The van der Waals surface area contributed by atoms with Gasteiger partial charge in [0.1, 0.15) is 5.82 Å². The second-order valence-corrected chi connectivity index (χ2v) is 9.34. The number of nitrogens with zero attached hydrogens (tertiary/aromatic N) is 2. The monoisotopic (exact) mass is 465 g/mol. The Labute approximate surface area is 204 Å². The molecule has 1 aromatic heterocycles.